The largest absolute Gasteiger partial charge is 0.332 e. The van der Waals surface area contributed by atoms with E-state index in [9.17, 15) is 9.59 Å². The van der Waals surface area contributed by atoms with Gasteiger partial charge in [-0.1, -0.05) is 30.3 Å². The molecule has 1 aliphatic rings. The maximum absolute atomic E-state index is 12.6. The molecule has 0 aliphatic carbocycles. The van der Waals surface area contributed by atoms with E-state index in [1.165, 1.54) is 23.6 Å². The van der Waals surface area contributed by atoms with Crippen molar-refractivity contribution in [3.05, 3.63) is 63.1 Å². The van der Waals surface area contributed by atoms with Crippen LogP contribution in [0.5, 0.6) is 0 Å². The van der Waals surface area contributed by atoms with Gasteiger partial charge in [-0.25, -0.2) is 9.78 Å². The summed E-state index contributed by atoms with van der Waals surface area (Å²) in [6.07, 6.45) is 3.79. The smallest absolute Gasteiger partial charge is 0.325 e. The Balaban J connectivity index is 1.34. The van der Waals surface area contributed by atoms with E-state index in [0.717, 1.165) is 50.3 Å². The fraction of sp³-hybridized carbons (Fsp3) is 0.500. The zero-order chi connectivity index (χ0) is 21.1. The van der Waals surface area contributed by atoms with Crippen molar-refractivity contribution in [3.63, 3.8) is 0 Å². The number of fused-ring (bicyclic) bond motifs is 1. The molecule has 1 saturated heterocycles. The lowest BCUT2D eigenvalue weighted by atomic mass is 10.2. The third-order valence-corrected chi connectivity index (χ3v) is 6.02. The summed E-state index contributed by atoms with van der Waals surface area (Å²) in [6, 6.07) is 10.7. The van der Waals surface area contributed by atoms with Gasteiger partial charge >= 0.3 is 5.69 Å². The zero-order valence-corrected chi connectivity index (χ0v) is 17.8. The molecule has 160 valence electrons. The van der Waals surface area contributed by atoms with Gasteiger partial charge in [-0.15, -0.1) is 0 Å². The number of rotatable bonds is 6. The summed E-state index contributed by atoms with van der Waals surface area (Å²) in [5.41, 5.74) is 1.70. The molecule has 2 aromatic heterocycles. The quantitative estimate of drug-likeness (QED) is 0.607. The van der Waals surface area contributed by atoms with Crippen molar-refractivity contribution in [3.8, 4) is 0 Å². The fourth-order valence-electron chi connectivity index (χ4n) is 4.28. The van der Waals surface area contributed by atoms with Crippen LogP contribution in [0.25, 0.3) is 11.2 Å². The minimum atomic E-state index is -0.345. The molecule has 1 aromatic carbocycles. The topological polar surface area (TPSA) is 68.3 Å². The van der Waals surface area contributed by atoms with Gasteiger partial charge in [0.25, 0.3) is 5.56 Å². The summed E-state index contributed by atoms with van der Waals surface area (Å²) in [7, 11) is 3.17. The predicted octanol–water partition coefficient (Wildman–Crippen LogP) is 1.03. The van der Waals surface area contributed by atoms with Gasteiger partial charge in [-0.3, -0.25) is 18.8 Å². The van der Waals surface area contributed by atoms with E-state index in [-0.39, 0.29) is 11.2 Å². The van der Waals surface area contributed by atoms with Gasteiger partial charge in [-0.05, 0) is 38.0 Å². The second-order valence-corrected chi connectivity index (χ2v) is 8.13. The van der Waals surface area contributed by atoms with E-state index in [0.29, 0.717) is 17.7 Å². The minimum Gasteiger partial charge on any atom is -0.325 e. The second kappa shape index (κ2) is 8.97. The molecule has 0 radical (unpaired) electrons. The second-order valence-electron chi connectivity index (χ2n) is 8.13. The lowest BCUT2D eigenvalue weighted by molar-refractivity contribution is 0.248. The first-order valence-corrected chi connectivity index (χ1v) is 10.6. The van der Waals surface area contributed by atoms with E-state index in [4.69, 9.17) is 0 Å². The molecule has 0 amide bonds. The number of aromatic nitrogens is 4. The molecule has 1 aliphatic heterocycles. The third-order valence-electron chi connectivity index (χ3n) is 6.02. The summed E-state index contributed by atoms with van der Waals surface area (Å²) >= 11 is 0. The van der Waals surface area contributed by atoms with Gasteiger partial charge in [0.15, 0.2) is 11.2 Å². The van der Waals surface area contributed by atoms with Gasteiger partial charge in [0.2, 0.25) is 0 Å². The molecule has 0 N–H and O–H groups in total. The number of hydrogen-bond donors (Lipinski definition) is 0. The van der Waals surface area contributed by atoms with Crippen molar-refractivity contribution in [2.45, 2.75) is 25.9 Å². The molecule has 0 saturated carbocycles. The lowest BCUT2D eigenvalue weighted by Crippen LogP contribution is -2.37. The standard InChI is InChI=1S/C22H30N6O2/c1-24-20-19(21(29)25(2)22(24)30)28(17-23-20)13-7-11-26-10-6-12-27(15-14-26)16-18-8-4-3-5-9-18/h3-5,8-9,17H,6-7,10-16H2,1-2H3. The van der Waals surface area contributed by atoms with Crippen LogP contribution in [0, 0.1) is 0 Å². The summed E-state index contributed by atoms with van der Waals surface area (Å²) in [5, 5.41) is 0. The van der Waals surface area contributed by atoms with Crippen LogP contribution in [-0.2, 0) is 27.2 Å². The molecule has 4 rings (SSSR count). The number of nitrogens with zero attached hydrogens (tertiary/aromatic N) is 6. The summed E-state index contributed by atoms with van der Waals surface area (Å²) in [5.74, 6) is 0. The Kier molecular flexibility index (Phi) is 6.15. The third kappa shape index (κ3) is 4.24. The van der Waals surface area contributed by atoms with E-state index < -0.39 is 0 Å². The first-order chi connectivity index (χ1) is 14.5. The van der Waals surface area contributed by atoms with Gasteiger partial charge in [0.05, 0.1) is 6.33 Å². The first-order valence-electron chi connectivity index (χ1n) is 10.6. The van der Waals surface area contributed by atoms with E-state index >= 15 is 0 Å². The zero-order valence-electron chi connectivity index (χ0n) is 17.8. The highest BCUT2D eigenvalue weighted by Gasteiger charge is 2.16. The van der Waals surface area contributed by atoms with Crippen molar-refractivity contribution in [1.29, 1.82) is 0 Å². The van der Waals surface area contributed by atoms with Crippen molar-refractivity contribution >= 4 is 11.2 Å². The van der Waals surface area contributed by atoms with Crippen LogP contribution < -0.4 is 11.2 Å². The maximum atomic E-state index is 12.6. The molecular formula is C22H30N6O2. The molecule has 0 bridgehead atoms. The molecule has 0 spiro atoms. The average Bonchev–Trinajstić information content (AvgIpc) is 3.06. The predicted molar refractivity (Wildman–Crippen MR) is 118 cm³/mol. The molecule has 30 heavy (non-hydrogen) atoms. The lowest BCUT2D eigenvalue weighted by Gasteiger charge is -2.22. The number of hydrogen-bond acceptors (Lipinski definition) is 5. The number of aryl methyl sites for hydroxylation is 2. The molecule has 1 fully saturated rings. The van der Waals surface area contributed by atoms with Gasteiger partial charge in [0.1, 0.15) is 0 Å². The Bertz CT molecular complexity index is 1110. The van der Waals surface area contributed by atoms with Crippen molar-refractivity contribution < 1.29 is 0 Å². The molecule has 8 heteroatoms. The molecule has 3 aromatic rings. The fourth-order valence-corrected chi connectivity index (χ4v) is 4.28. The Morgan fingerprint density at radius 2 is 1.63 bits per heavy atom. The van der Waals surface area contributed by atoms with E-state index in [1.54, 1.807) is 13.4 Å². The van der Waals surface area contributed by atoms with Crippen LogP contribution in [0.4, 0.5) is 0 Å². The van der Waals surface area contributed by atoms with E-state index in [2.05, 4.69) is 45.1 Å². The van der Waals surface area contributed by atoms with Crippen LogP contribution in [0.2, 0.25) is 0 Å². The molecule has 0 atom stereocenters. The average molecular weight is 411 g/mol. The number of imidazole rings is 1. The Morgan fingerprint density at radius 3 is 2.43 bits per heavy atom. The van der Waals surface area contributed by atoms with Crippen molar-refractivity contribution in [2.24, 2.45) is 14.1 Å². The molecular weight excluding hydrogens is 380 g/mol. The molecule has 3 heterocycles. The summed E-state index contributed by atoms with van der Waals surface area (Å²) in [6.45, 7) is 7.09. The van der Waals surface area contributed by atoms with Crippen LogP contribution in [-0.4, -0.2) is 61.2 Å². The highest BCUT2D eigenvalue weighted by Crippen LogP contribution is 2.10. The Morgan fingerprint density at radius 1 is 0.900 bits per heavy atom. The van der Waals surface area contributed by atoms with Crippen molar-refractivity contribution in [1.82, 2.24) is 28.5 Å². The normalized spacial score (nSPS) is 16.2. The van der Waals surface area contributed by atoms with Gasteiger partial charge in [-0.2, -0.15) is 0 Å². The molecule has 8 nitrogen and oxygen atoms in total. The summed E-state index contributed by atoms with van der Waals surface area (Å²) in [4.78, 5) is 34.0. The van der Waals surface area contributed by atoms with E-state index in [1.807, 2.05) is 4.57 Å². The minimum absolute atomic E-state index is 0.281. The van der Waals surface area contributed by atoms with Gasteiger partial charge in [0, 0.05) is 40.3 Å². The Labute approximate surface area is 176 Å². The van der Waals surface area contributed by atoms with Crippen LogP contribution >= 0.6 is 0 Å². The van der Waals surface area contributed by atoms with Crippen LogP contribution in [0.15, 0.2) is 46.2 Å². The van der Waals surface area contributed by atoms with Crippen LogP contribution in [0.1, 0.15) is 18.4 Å². The monoisotopic (exact) mass is 410 g/mol. The Hall–Kier alpha value is -2.71. The highest BCUT2D eigenvalue weighted by molar-refractivity contribution is 5.69. The maximum Gasteiger partial charge on any atom is 0.332 e. The highest BCUT2D eigenvalue weighted by atomic mass is 16.2. The first kappa shape index (κ1) is 20.6. The van der Waals surface area contributed by atoms with Crippen molar-refractivity contribution in [2.75, 3.05) is 32.7 Å². The molecule has 0 unspecified atom stereocenters. The van der Waals surface area contributed by atoms with Crippen LogP contribution in [0.3, 0.4) is 0 Å². The summed E-state index contributed by atoms with van der Waals surface area (Å²) < 4.78 is 4.47. The van der Waals surface area contributed by atoms with Gasteiger partial charge < -0.3 is 9.47 Å². The SMILES string of the molecule is Cn1c(=O)c2c(ncn2CCCN2CCCN(Cc3ccccc3)CC2)n(C)c1=O. The number of benzene rings is 1.